The second-order valence-electron chi connectivity index (χ2n) is 2.07. The predicted octanol–water partition coefficient (Wildman–Crippen LogP) is 2.22. The van der Waals surface area contributed by atoms with Crippen LogP contribution in [0.15, 0.2) is 12.3 Å². The van der Waals surface area contributed by atoms with Gasteiger partial charge in [-0.2, -0.15) is 0 Å². The molecular weight excluding hydrogens is 276 g/mol. The van der Waals surface area contributed by atoms with Crippen LogP contribution in [0.2, 0.25) is 5.15 Å². The molecule has 2 rings (SSSR count). The summed E-state index contributed by atoms with van der Waals surface area (Å²) in [6, 6.07) is 1.79. The molecule has 0 amide bonds. The van der Waals surface area contributed by atoms with Crippen molar-refractivity contribution in [1.29, 1.82) is 0 Å². The fourth-order valence-corrected chi connectivity index (χ4v) is 1.58. The molecule has 0 bridgehead atoms. The monoisotopic (exact) mass is 279 g/mol. The Kier molecular flexibility index (Phi) is 1.72. The van der Waals surface area contributed by atoms with E-state index in [0.717, 1.165) is 14.6 Å². The summed E-state index contributed by atoms with van der Waals surface area (Å²) in [4.78, 5) is 2.98. The number of nitrogens with one attached hydrogen (secondary N) is 1. The number of aromatic nitrogens is 3. The molecule has 2 aromatic heterocycles. The summed E-state index contributed by atoms with van der Waals surface area (Å²) in [5, 5.41) is 9.01. The Morgan fingerprint density at radius 3 is 3.09 bits per heavy atom. The van der Waals surface area contributed by atoms with Gasteiger partial charge in [0.05, 0.1) is 0 Å². The molecule has 3 nitrogen and oxygen atoms in total. The van der Waals surface area contributed by atoms with Gasteiger partial charge in [-0.1, -0.05) is 11.6 Å². The van der Waals surface area contributed by atoms with E-state index in [4.69, 9.17) is 11.6 Å². The highest BCUT2D eigenvalue weighted by Crippen LogP contribution is 2.19. The molecule has 0 aliphatic heterocycles. The lowest BCUT2D eigenvalue weighted by atomic mass is 10.4. The quantitative estimate of drug-likeness (QED) is 0.751. The zero-order valence-corrected chi connectivity index (χ0v) is 8.22. The zero-order valence-electron chi connectivity index (χ0n) is 5.31. The van der Waals surface area contributed by atoms with Crippen LogP contribution < -0.4 is 0 Å². The van der Waals surface area contributed by atoms with Crippen molar-refractivity contribution in [3.8, 4) is 0 Å². The van der Waals surface area contributed by atoms with Crippen molar-refractivity contribution in [3.63, 3.8) is 0 Å². The van der Waals surface area contributed by atoms with Crippen LogP contribution in [0, 0.1) is 3.57 Å². The van der Waals surface area contributed by atoms with Crippen molar-refractivity contribution >= 4 is 45.2 Å². The standard InChI is InChI=1S/C6H3ClIN3/c7-5-1-3-4(8)2-9-6(3)11-10-5/h1-2H,(H,9,11). The van der Waals surface area contributed by atoms with Crippen molar-refractivity contribution in [2.24, 2.45) is 0 Å². The smallest absolute Gasteiger partial charge is 0.161 e. The van der Waals surface area contributed by atoms with Crippen LogP contribution in [0.3, 0.4) is 0 Å². The van der Waals surface area contributed by atoms with E-state index in [9.17, 15) is 0 Å². The van der Waals surface area contributed by atoms with Crippen LogP contribution in [0.25, 0.3) is 11.0 Å². The molecule has 0 aromatic carbocycles. The van der Waals surface area contributed by atoms with Gasteiger partial charge in [0, 0.05) is 15.2 Å². The van der Waals surface area contributed by atoms with E-state index in [1.807, 2.05) is 6.20 Å². The third-order valence-corrected chi connectivity index (χ3v) is 2.43. The maximum absolute atomic E-state index is 5.66. The summed E-state index contributed by atoms with van der Waals surface area (Å²) in [5.74, 6) is 0. The molecule has 0 saturated heterocycles. The van der Waals surface area contributed by atoms with Gasteiger partial charge in [-0.15, -0.1) is 10.2 Å². The highest BCUT2D eigenvalue weighted by Gasteiger charge is 2.02. The number of nitrogens with zero attached hydrogens (tertiary/aromatic N) is 2. The van der Waals surface area contributed by atoms with Gasteiger partial charge in [0.2, 0.25) is 0 Å². The average molecular weight is 279 g/mol. The van der Waals surface area contributed by atoms with Crippen LogP contribution in [-0.4, -0.2) is 15.2 Å². The van der Waals surface area contributed by atoms with Crippen molar-refractivity contribution in [2.75, 3.05) is 0 Å². The minimum atomic E-state index is 0.426. The van der Waals surface area contributed by atoms with Gasteiger partial charge < -0.3 is 4.98 Å². The molecule has 0 unspecified atom stereocenters. The summed E-state index contributed by atoms with van der Waals surface area (Å²) >= 11 is 7.87. The molecule has 0 saturated carbocycles. The Labute approximate surface area is 81.3 Å². The van der Waals surface area contributed by atoms with E-state index in [1.165, 1.54) is 0 Å². The topological polar surface area (TPSA) is 41.6 Å². The van der Waals surface area contributed by atoms with Gasteiger partial charge in [-0.05, 0) is 28.7 Å². The zero-order chi connectivity index (χ0) is 7.84. The lowest BCUT2D eigenvalue weighted by Gasteiger charge is -1.88. The minimum Gasteiger partial charge on any atom is -0.344 e. The molecule has 5 heteroatoms. The van der Waals surface area contributed by atoms with E-state index in [0.29, 0.717) is 5.15 Å². The predicted molar refractivity (Wildman–Crippen MR) is 51.6 cm³/mol. The number of aromatic amines is 1. The van der Waals surface area contributed by atoms with Gasteiger partial charge in [-0.3, -0.25) is 0 Å². The van der Waals surface area contributed by atoms with Crippen molar-refractivity contribution in [1.82, 2.24) is 15.2 Å². The first-order valence-corrected chi connectivity index (χ1v) is 4.39. The van der Waals surface area contributed by atoms with Crippen molar-refractivity contribution in [2.45, 2.75) is 0 Å². The molecule has 2 aromatic rings. The number of fused-ring (bicyclic) bond motifs is 1. The van der Waals surface area contributed by atoms with Gasteiger partial charge in [0.15, 0.2) is 10.8 Å². The number of H-pyrrole nitrogens is 1. The molecule has 11 heavy (non-hydrogen) atoms. The fraction of sp³-hybridized carbons (Fsp3) is 0. The molecule has 0 radical (unpaired) electrons. The molecule has 0 atom stereocenters. The Morgan fingerprint density at radius 2 is 2.27 bits per heavy atom. The lowest BCUT2D eigenvalue weighted by molar-refractivity contribution is 1.06. The van der Waals surface area contributed by atoms with Gasteiger partial charge >= 0.3 is 0 Å². The van der Waals surface area contributed by atoms with Gasteiger partial charge in [0.25, 0.3) is 0 Å². The van der Waals surface area contributed by atoms with Crippen LogP contribution in [0.4, 0.5) is 0 Å². The highest BCUT2D eigenvalue weighted by molar-refractivity contribution is 14.1. The number of halogens is 2. The molecular formula is C6H3ClIN3. The average Bonchev–Trinajstić information content (AvgIpc) is 2.33. The van der Waals surface area contributed by atoms with E-state index >= 15 is 0 Å². The molecule has 0 spiro atoms. The highest BCUT2D eigenvalue weighted by atomic mass is 127. The molecule has 2 heterocycles. The number of hydrogen-bond donors (Lipinski definition) is 1. The first kappa shape index (κ1) is 7.30. The van der Waals surface area contributed by atoms with E-state index in [2.05, 4.69) is 37.8 Å². The first-order chi connectivity index (χ1) is 5.27. The van der Waals surface area contributed by atoms with Crippen LogP contribution in [-0.2, 0) is 0 Å². The number of rotatable bonds is 0. The first-order valence-electron chi connectivity index (χ1n) is 2.93. The SMILES string of the molecule is Clc1cc2c(I)c[nH]c2nn1. The molecule has 0 aliphatic carbocycles. The van der Waals surface area contributed by atoms with Crippen LogP contribution >= 0.6 is 34.2 Å². The van der Waals surface area contributed by atoms with E-state index in [-0.39, 0.29) is 0 Å². The van der Waals surface area contributed by atoms with Gasteiger partial charge in [-0.25, -0.2) is 0 Å². The Balaban J connectivity index is 2.87. The fourth-order valence-electron chi connectivity index (χ4n) is 0.866. The summed E-state index contributed by atoms with van der Waals surface area (Å²) in [5.41, 5.74) is 0.777. The second kappa shape index (κ2) is 2.60. The summed E-state index contributed by atoms with van der Waals surface area (Å²) < 4.78 is 1.11. The Bertz CT molecular complexity index is 398. The molecule has 56 valence electrons. The maximum Gasteiger partial charge on any atom is 0.161 e. The summed E-state index contributed by atoms with van der Waals surface area (Å²) in [6.45, 7) is 0. The third kappa shape index (κ3) is 1.20. The maximum atomic E-state index is 5.66. The second-order valence-corrected chi connectivity index (χ2v) is 3.62. The number of hydrogen-bond acceptors (Lipinski definition) is 2. The molecule has 0 fully saturated rings. The van der Waals surface area contributed by atoms with Crippen molar-refractivity contribution in [3.05, 3.63) is 21.0 Å². The third-order valence-electron chi connectivity index (χ3n) is 1.36. The van der Waals surface area contributed by atoms with Gasteiger partial charge in [0.1, 0.15) is 0 Å². The Morgan fingerprint density at radius 1 is 1.45 bits per heavy atom. The molecule has 1 N–H and O–H groups in total. The van der Waals surface area contributed by atoms with E-state index in [1.54, 1.807) is 6.07 Å². The molecule has 0 aliphatic rings. The largest absolute Gasteiger partial charge is 0.344 e. The van der Waals surface area contributed by atoms with Crippen LogP contribution in [0.1, 0.15) is 0 Å². The minimum absolute atomic E-state index is 0.426. The normalized spacial score (nSPS) is 10.7. The Hall–Kier alpha value is -0.360. The lowest BCUT2D eigenvalue weighted by Crippen LogP contribution is -1.82. The van der Waals surface area contributed by atoms with Crippen molar-refractivity contribution < 1.29 is 0 Å². The van der Waals surface area contributed by atoms with Crippen LogP contribution in [0.5, 0.6) is 0 Å². The van der Waals surface area contributed by atoms with E-state index < -0.39 is 0 Å². The summed E-state index contributed by atoms with van der Waals surface area (Å²) in [7, 11) is 0. The summed E-state index contributed by atoms with van der Waals surface area (Å²) in [6.07, 6.45) is 1.87.